The van der Waals surface area contributed by atoms with Crippen molar-refractivity contribution in [2.24, 2.45) is 0 Å². The molecule has 1 atom stereocenters. The number of alkyl halides is 3. The first-order chi connectivity index (χ1) is 7.36. The first-order valence-electron chi connectivity index (χ1n) is 4.56. The summed E-state index contributed by atoms with van der Waals surface area (Å²) in [4.78, 5) is 11.0. The standard InChI is InChI=1S/C11H11F3O2/c1-7(15)8-4-3-5-9(6-8)10(16-2)11(12,13)14/h3-6,10H,1-2H3. The first kappa shape index (κ1) is 12.7. The van der Waals surface area contributed by atoms with E-state index in [0.717, 1.165) is 7.11 Å². The number of ketones is 1. The van der Waals surface area contributed by atoms with Crippen LogP contribution in [0.4, 0.5) is 13.2 Å². The second-order valence-corrected chi connectivity index (χ2v) is 3.34. The van der Waals surface area contributed by atoms with Crippen LogP contribution >= 0.6 is 0 Å². The maximum atomic E-state index is 12.5. The number of hydrogen-bond acceptors (Lipinski definition) is 2. The summed E-state index contributed by atoms with van der Waals surface area (Å²) in [5, 5.41) is 0. The Morgan fingerprint density at radius 3 is 2.44 bits per heavy atom. The van der Waals surface area contributed by atoms with Crippen LogP contribution in [0.5, 0.6) is 0 Å². The number of hydrogen-bond donors (Lipinski definition) is 0. The Morgan fingerprint density at radius 1 is 1.38 bits per heavy atom. The van der Waals surface area contributed by atoms with E-state index in [1.54, 1.807) is 0 Å². The fraction of sp³-hybridized carbons (Fsp3) is 0.364. The zero-order valence-electron chi connectivity index (χ0n) is 8.84. The monoisotopic (exact) mass is 232 g/mol. The summed E-state index contributed by atoms with van der Waals surface area (Å²) < 4.78 is 42.0. The van der Waals surface area contributed by atoms with Crippen molar-refractivity contribution in [3.05, 3.63) is 35.4 Å². The number of rotatable bonds is 3. The fourth-order valence-corrected chi connectivity index (χ4v) is 1.38. The lowest BCUT2D eigenvalue weighted by Crippen LogP contribution is -2.22. The summed E-state index contributed by atoms with van der Waals surface area (Å²) in [5.41, 5.74) is 0.173. The minimum atomic E-state index is -4.48. The number of halogens is 3. The zero-order chi connectivity index (χ0) is 12.3. The van der Waals surface area contributed by atoms with Crippen molar-refractivity contribution >= 4 is 5.78 Å². The average Bonchev–Trinajstić information content (AvgIpc) is 2.17. The molecule has 88 valence electrons. The van der Waals surface area contributed by atoms with Gasteiger partial charge in [-0.3, -0.25) is 4.79 Å². The zero-order valence-corrected chi connectivity index (χ0v) is 8.84. The lowest BCUT2D eigenvalue weighted by Gasteiger charge is -2.19. The quantitative estimate of drug-likeness (QED) is 0.748. The highest BCUT2D eigenvalue weighted by Crippen LogP contribution is 2.35. The first-order valence-corrected chi connectivity index (χ1v) is 4.56. The summed E-state index contributed by atoms with van der Waals surface area (Å²) >= 11 is 0. The van der Waals surface area contributed by atoms with E-state index in [2.05, 4.69) is 4.74 Å². The molecule has 0 amide bonds. The molecule has 16 heavy (non-hydrogen) atoms. The smallest absolute Gasteiger partial charge is 0.367 e. The molecule has 0 N–H and O–H groups in total. The number of ether oxygens (including phenoxy) is 1. The Labute approximate surface area is 91.0 Å². The third-order valence-corrected chi connectivity index (χ3v) is 2.13. The Morgan fingerprint density at radius 2 is 2.00 bits per heavy atom. The summed E-state index contributed by atoms with van der Waals surface area (Å²) in [7, 11) is 0.985. The molecule has 0 aliphatic carbocycles. The van der Waals surface area contributed by atoms with Gasteiger partial charge in [-0.05, 0) is 18.6 Å². The van der Waals surface area contributed by atoms with Crippen molar-refractivity contribution in [3.63, 3.8) is 0 Å². The minimum absolute atomic E-state index is 0.0669. The van der Waals surface area contributed by atoms with Crippen molar-refractivity contribution in [1.29, 1.82) is 0 Å². The van der Waals surface area contributed by atoms with Crippen molar-refractivity contribution in [2.75, 3.05) is 7.11 Å². The molecule has 0 radical (unpaired) electrons. The van der Waals surface area contributed by atoms with Crippen molar-refractivity contribution in [1.82, 2.24) is 0 Å². The maximum absolute atomic E-state index is 12.5. The molecule has 0 bridgehead atoms. The molecule has 5 heteroatoms. The molecule has 0 aliphatic heterocycles. The summed E-state index contributed by atoms with van der Waals surface area (Å²) in [5.74, 6) is -0.279. The molecule has 0 aliphatic rings. The molecule has 0 heterocycles. The van der Waals surface area contributed by atoms with Gasteiger partial charge in [0.15, 0.2) is 11.9 Å². The Hall–Kier alpha value is -1.36. The molecule has 2 nitrogen and oxygen atoms in total. The predicted octanol–water partition coefficient (Wildman–Crippen LogP) is 3.14. The van der Waals surface area contributed by atoms with E-state index in [-0.39, 0.29) is 16.9 Å². The third-order valence-electron chi connectivity index (χ3n) is 2.13. The lowest BCUT2D eigenvalue weighted by molar-refractivity contribution is -0.215. The Balaban J connectivity index is 3.11. The SMILES string of the molecule is COC(c1cccc(C(C)=O)c1)C(F)(F)F. The van der Waals surface area contributed by atoms with Gasteiger partial charge < -0.3 is 4.74 Å². The highest BCUT2D eigenvalue weighted by Gasteiger charge is 2.41. The van der Waals surface area contributed by atoms with E-state index in [1.165, 1.54) is 31.2 Å². The number of benzene rings is 1. The Bertz CT molecular complexity index is 385. The highest BCUT2D eigenvalue weighted by atomic mass is 19.4. The molecule has 1 aromatic carbocycles. The molecule has 0 aromatic heterocycles. The van der Waals surface area contributed by atoms with E-state index in [4.69, 9.17) is 0 Å². The van der Waals surface area contributed by atoms with Gasteiger partial charge in [0.25, 0.3) is 0 Å². The van der Waals surface area contributed by atoms with Crippen molar-refractivity contribution < 1.29 is 22.7 Å². The molecule has 0 spiro atoms. The van der Waals surface area contributed by atoms with Crippen LogP contribution < -0.4 is 0 Å². The van der Waals surface area contributed by atoms with E-state index in [1.807, 2.05) is 0 Å². The van der Waals surface area contributed by atoms with E-state index in [0.29, 0.717) is 0 Å². The molecule has 0 saturated heterocycles. The number of methoxy groups -OCH3 is 1. The average molecular weight is 232 g/mol. The van der Waals surface area contributed by atoms with Gasteiger partial charge in [-0.25, -0.2) is 0 Å². The van der Waals surface area contributed by atoms with Crippen LogP contribution in [0.2, 0.25) is 0 Å². The summed E-state index contributed by atoms with van der Waals surface area (Å²) in [6.07, 6.45) is -6.48. The second kappa shape index (κ2) is 4.65. The van der Waals surface area contributed by atoms with E-state index >= 15 is 0 Å². The molecular formula is C11H11F3O2. The molecular weight excluding hydrogens is 221 g/mol. The maximum Gasteiger partial charge on any atom is 0.418 e. The van der Waals surface area contributed by atoms with Crippen LogP contribution in [0.3, 0.4) is 0 Å². The molecule has 0 fully saturated rings. The predicted molar refractivity (Wildman–Crippen MR) is 52.3 cm³/mol. The number of carbonyl (C=O) groups excluding carboxylic acids is 1. The van der Waals surface area contributed by atoms with Crippen molar-refractivity contribution in [2.45, 2.75) is 19.2 Å². The van der Waals surface area contributed by atoms with E-state index in [9.17, 15) is 18.0 Å². The van der Waals surface area contributed by atoms with Crippen LogP contribution in [-0.4, -0.2) is 19.1 Å². The van der Waals surface area contributed by atoms with Gasteiger partial charge in [-0.15, -0.1) is 0 Å². The van der Waals surface area contributed by atoms with Crippen LogP contribution in [0, 0.1) is 0 Å². The van der Waals surface area contributed by atoms with Gasteiger partial charge in [0.2, 0.25) is 0 Å². The van der Waals surface area contributed by atoms with Crippen LogP contribution in [0.15, 0.2) is 24.3 Å². The molecule has 0 saturated carbocycles. The highest BCUT2D eigenvalue weighted by molar-refractivity contribution is 5.94. The third kappa shape index (κ3) is 2.82. The molecule has 1 unspecified atom stereocenters. The van der Waals surface area contributed by atoms with E-state index < -0.39 is 12.3 Å². The summed E-state index contributed by atoms with van der Waals surface area (Å²) in [6, 6.07) is 5.36. The van der Waals surface area contributed by atoms with Gasteiger partial charge in [-0.2, -0.15) is 13.2 Å². The van der Waals surface area contributed by atoms with Gasteiger partial charge in [0, 0.05) is 12.7 Å². The van der Waals surface area contributed by atoms with Gasteiger partial charge in [0.05, 0.1) is 0 Å². The normalized spacial score (nSPS) is 13.6. The summed E-state index contributed by atoms with van der Waals surface area (Å²) in [6.45, 7) is 1.30. The number of Topliss-reactive ketones (excluding diaryl/α,β-unsaturated/α-hetero) is 1. The van der Waals surface area contributed by atoms with Gasteiger partial charge in [-0.1, -0.05) is 18.2 Å². The van der Waals surface area contributed by atoms with Crippen LogP contribution in [0.25, 0.3) is 0 Å². The topological polar surface area (TPSA) is 26.3 Å². The van der Waals surface area contributed by atoms with Crippen molar-refractivity contribution in [3.8, 4) is 0 Å². The molecule has 1 aromatic rings. The fourth-order valence-electron chi connectivity index (χ4n) is 1.38. The largest absolute Gasteiger partial charge is 0.418 e. The molecule has 1 rings (SSSR count). The lowest BCUT2D eigenvalue weighted by atomic mass is 10.0. The Kier molecular flexibility index (Phi) is 3.70. The van der Waals surface area contributed by atoms with Gasteiger partial charge in [0.1, 0.15) is 0 Å². The van der Waals surface area contributed by atoms with Crippen LogP contribution in [0.1, 0.15) is 28.9 Å². The van der Waals surface area contributed by atoms with Gasteiger partial charge >= 0.3 is 6.18 Å². The minimum Gasteiger partial charge on any atom is -0.367 e. The second-order valence-electron chi connectivity index (χ2n) is 3.34. The number of carbonyl (C=O) groups is 1. The van der Waals surface area contributed by atoms with Crippen LogP contribution in [-0.2, 0) is 4.74 Å².